The highest BCUT2D eigenvalue weighted by Gasteiger charge is 2.03. The number of pyridine rings is 1. The number of rotatable bonds is 0. The minimum absolute atomic E-state index is 1.07. The Bertz CT molecular complexity index is 623. The van der Waals surface area contributed by atoms with Gasteiger partial charge in [-0.2, -0.15) is 0 Å². The Morgan fingerprint density at radius 3 is 2.50 bits per heavy atom. The van der Waals surface area contributed by atoms with E-state index in [1.807, 2.05) is 6.07 Å². The molecule has 0 saturated heterocycles. The van der Waals surface area contributed by atoms with Crippen LogP contribution in [0.1, 0.15) is 11.1 Å². The summed E-state index contributed by atoms with van der Waals surface area (Å²) in [5, 5.41) is 2.47. The zero-order valence-electron chi connectivity index (χ0n) is 9.49. The van der Waals surface area contributed by atoms with Crippen LogP contribution in [-0.2, 0) is 0 Å². The van der Waals surface area contributed by atoms with Gasteiger partial charge in [-0.25, -0.2) is 4.98 Å². The minimum Gasteiger partial charge on any atom is -0.248 e. The van der Waals surface area contributed by atoms with Gasteiger partial charge in [0.15, 0.2) is 0 Å². The molecule has 0 saturated carbocycles. The molecule has 0 radical (unpaired) electrons. The maximum Gasteiger partial charge on any atom is 0.0741 e. The molecule has 1 heteroatoms. The second-order valence-corrected chi connectivity index (χ2v) is 4.28. The van der Waals surface area contributed by atoms with Gasteiger partial charge in [-0.1, -0.05) is 30.3 Å². The zero-order chi connectivity index (χ0) is 11.1. The molecule has 3 rings (SSSR count). The van der Waals surface area contributed by atoms with Crippen LogP contribution in [0, 0.1) is 13.8 Å². The molecular weight excluding hydrogens is 194 g/mol. The van der Waals surface area contributed by atoms with Gasteiger partial charge in [-0.15, -0.1) is 0 Å². The molecule has 0 aliphatic rings. The van der Waals surface area contributed by atoms with Crippen molar-refractivity contribution >= 4 is 21.8 Å². The quantitative estimate of drug-likeness (QED) is 0.508. The summed E-state index contributed by atoms with van der Waals surface area (Å²) in [6.07, 6.45) is 0. The maximum atomic E-state index is 4.74. The lowest BCUT2D eigenvalue weighted by Gasteiger charge is -2.06. The zero-order valence-corrected chi connectivity index (χ0v) is 9.49. The number of fused-ring (bicyclic) bond motifs is 2. The van der Waals surface area contributed by atoms with Gasteiger partial charge in [0.2, 0.25) is 0 Å². The van der Waals surface area contributed by atoms with E-state index in [4.69, 9.17) is 4.98 Å². The van der Waals surface area contributed by atoms with Crippen LogP contribution in [0.2, 0.25) is 0 Å². The molecule has 0 aliphatic heterocycles. The molecule has 2 aromatic carbocycles. The first kappa shape index (κ1) is 9.34. The standard InChI is InChI=1S/C15H13N/c1-10-7-8-11(2)15-13(10)9-12-5-3-4-6-14(12)16-15/h3-9H,1-2H3. The molecule has 16 heavy (non-hydrogen) atoms. The number of aromatic nitrogens is 1. The van der Waals surface area contributed by atoms with E-state index in [0.29, 0.717) is 0 Å². The fourth-order valence-electron chi connectivity index (χ4n) is 2.14. The summed E-state index contributed by atoms with van der Waals surface area (Å²) in [6.45, 7) is 4.25. The Morgan fingerprint density at radius 1 is 0.875 bits per heavy atom. The van der Waals surface area contributed by atoms with E-state index in [1.165, 1.54) is 21.9 Å². The SMILES string of the molecule is Cc1ccc(C)c2nc3ccccc3cc12. The summed E-state index contributed by atoms with van der Waals surface area (Å²) in [6, 6.07) is 14.8. The summed E-state index contributed by atoms with van der Waals surface area (Å²) in [7, 11) is 0. The third-order valence-corrected chi connectivity index (χ3v) is 3.11. The Balaban J connectivity index is 2.56. The highest BCUT2D eigenvalue weighted by Crippen LogP contribution is 2.24. The summed E-state index contributed by atoms with van der Waals surface area (Å²) >= 11 is 0. The average Bonchev–Trinajstić information content (AvgIpc) is 2.32. The largest absolute Gasteiger partial charge is 0.248 e. The molecule has 1 nitrogen and oxygen atoms in total. The predicted octanol–water partition coefficient (Wildman–Crippen LogP) is 4.00. The minimum atomic E-state index is 1.07. The van der Waals surface area contributed by atoms with Crippen molar-refractivity contribution in [2.24, 2.45) is 0 Å². The number of benzene rings is 2. The van der Waals surface area contributed by atoms with Gasteiger partial charge >= 0.3 is 0 Å². The second-order valence-electron chi connectivity index (χ2n) is 4.28. The van der Waals surface area contributed by atoms with Gasteiger partial charge in [-0.05, 0) is 37.1 Å². The number of nitrogens with zero attached hydrogens (tertiary/aromatic N) is 1. The lowest BCUT2D eigenvalue weighted by Crippen LogP contribution is -1.88. The molecule has 0 unspecified atom stereocenters. The number of hydrogen-bond acceptors (Lipinski definition) is 1. The lowest BCUT2D eigenvalue weighted by atomic mass is 10.0. The fourth-order valence-corrected chi connectivity index (χ4v) is 2.14. The van der Waals surface area contributed by atoms with Crippen LogP contribution < -0.4 is 0 Å². The van der Waals surface area contributed by atoms with Crippen molar-refractivity contribution in [1.82, 2.24) is 4.98 Å². The first-order valence-electron chi connectivity index (χ1n) is 5.51. The van der Waals surface area contributed by atoms with Crippen LogP contribution in [0.3, 0.4) is 0 Å². The third-order valence-electron chi connectivity index (χ3n) is 3.11. The molecule has 0 bridgehead atoms. The summed E-state index contributed by atoms with van der Waals surface area (Å²) in [5.74, 6) is 0. The molecule has 0 spiro atoms. The Labute approximate surface area is 94.7 Å². The topological polar surface area (TPSA) is 12.9 Å². The molecule has 1 heterocycles. The highest BCUT2D eigenvalue weighted by molar-refractivity contribution is 5.95. The van der Waals surface area contributed by atoms with Crippen molar-refractivity contribution in [2.45, 2.75) is 13.8 Å². The molecule has 78 valence electrons. The monoisotopic (exact) mass is 207 g/mol. The molecule has 3 aromatic rings. The van der Waals surface area contributed by atoms with E-state index in [1.54, 1.807) is 0 Å². The van der Waals surface area contributed by atoms with Gasteiger partial charge in [0.25, 0.3) is 0 Å². The van der Waals surface area contributed by atoms with Crippen LogP contribution in [0.25, 0.3) is 21.8 Å². The highest BCUT2D eigenvalue weighted by atomic mass is 14.7. The molecule has 0 aliphatic carbocycles. The van der Waals surface area contributed by atoms with Crippen molar-refractivity contribution in [2.75, 3.05) is 0 Å². The van der Waals surface area contributed by atoms with E-state index in [9.17, 15) is 0 Å². The van der Waals surface area contributed by atoms with Crippen molar-refractivity contribution in [3.05, 3.63) is 53.6 Å². The molecule has 1 aromatic heterocycles. The summed E-state index contributed by atoms with van der Waals surface area (Å²) in [5.41, 5.74) is 4.73. The van der Waals surface area contributed by atoms with E-state index in [-0.39, 0.29) is 0 Å². The molecule has 0 N–H and O–H groups in total. The lowest BCUT2D eigenvalue weighted by molar-refractivity contribution is 1.39. The molecule has 0 atom stereocenters. The Morgan fingerprint density at radius 2 is 1.62 bits per heavy atom. The normalized spacial score (nSPS) is 11.1. The van der Waals surface area contributed by atoms with Gasteiger partial charge in [0.1, 0.15) is 0 Å². The van der Waals surface area contributed by atoms with Gasteiger partial charge in [-0.3, -0.25) is 0 Å². The first-order chi connectivity index (χ1) is 7.75. The van der Waals surface area contributed by atoms with Crippen LogP contribution >= 0.6 is 0 Å². The fraction of sp³-hybridized carbons (Fsp3) is 0.133. The number of hydrogen-bond donors (Lipinski definition) is 0. The van der Waals surface area contributed by atoms with Gasteiger partial charge < -0.3 is 0 Å². The summed E-state index contributed by atoms with van der Waals surface area (Å²) < 4.78 is 0. The van der Waals surface area contributed by atoms with E-state index in [0.717, 1.165) is 11.0 Å². The Kier molecular flexibility index (Phi) is 1.93. The van der Waals surface area contributed by atoms with Crippen LogP contribution in [0.15, 0.2) is 42.5 Å². The number of para-hydroxylation sites is 1. The van der Waals surface area contributed by atoms with E-state index in [2.05, 4.69) is 50.2 Å². The molecule has 0 amide bonds. The van der Waals surface area contributed by atoms with Crippen molar-refractivity contribution < 1.29 is 0 Å². The maximum absolute atomic E-state index is 4.74. The van der Waals surface area contributed by atoms with E-state index >= 15 is 0 Å². The molecule has 0 fully saturated rings. The summed E-state index contributed by atoms with van der Waals surface area (Å²) in [4.78, 5) is 4.74. The van der Waals surface area contributed by atoms with Crippen LogP contribution in [-0.4, -0.2) is 4.98 Å². The van der Waals surface area contributed by atoms with Crippen molar-refractivity contribution in [3.63, 3.8) is 0 Å². The Hall–Kier alpha value is -1.89. The molecular formula is C15H13N. The van der Waals surface area contributed by atoms with Crippen molar-refractivity contribution in [3.8, 4) is 0 Å². The van der Waals surface area contributed by atoms with Crippen LogP contribution in [0.5, 0.6) is 0 Å². The van der Waals surface area contributed by atoms with Crippen molar-refractivity contribution in [1.29, 1.82) is 0 Å². The third kappa shape index (κ3) is 1.28. The first-order valence-corrected chi connectivity index (χ1v) is 5.51. The average molecular weight is 207 g/mol. The van der Waals surface area contributed by atoms with Crippen LogP contribution in [0.4, 0.5) is 0 Å². The van der Waals surface area contributed by atoms with Gasteiger partial charge in [0.05, 0.1) is 11.0 Å². The predicted molar refractivity (Wildman–Crippen MR) is 68.7 cm³/mol. The number of aryl methyl sites for hydroxylation is 2. The smallest absolute Gasteiger partial charge is 0.0741 e. The van der Waals surface area contributed by atoms with Gasteiger partial charge in [0, 0.05) is 10.8 Å². The second kappa shape index (κ2) is 3.31. The van der Waals surface area contributed by atoms with E-state index < -0.39 is 0 Å².